The number of epoxide rings is 1. The predicted octanol–water partition coefficient (Wildman–Crippen LogP) is 8.97. The van der Waals surface area contributed by atoms with E-state index in [-0.39, 0.29) is 60.5 Å². The molecule has 3 heterocycles. The number of furan rings is 1. The van der Waals surface area contributed by atoms with Crippen LogP contribution in [0.4, 0.5) is 0 Å². The van der Waals surface area contributed by atoms with Gasteiger partial charge >= 0.3 is 0 Å². The summed E-state index contributed by atoms with van der Waals surface area (Å²) in [7, 11) is -7.88. The Balaban J connectivity index is 1.82. The molecule has 13 heteroatoms. The Kier molecular flexibility index (Phi) is 14.7. The second kappa shape index (κ2) is 16.9. The van der Waals surface area contributed by atoms with E-state index in [9.17, 15) is 9.59 Å². The summed E-state index contributed by atoms with van der Waals surface area (Å²) in [6.07, 6.45) is 1.96. The Bertz CT molecular complexity index is 1220. The Morgan fingerprint density at radius 2 is 1.55 bits per heavy atom. The largest absolute Gasteiger partial charge is 0.461 e. The molecule has 0 amide bonds. The lowest BCUT2D eigenvalue weighted by atomic mass is 9.80. The maximum absolute atomic E-state index is 14.0. The monoisotopic (exact) mass is 756 g/mol. The molecule has 49 heavy (non-hydrogen) atoms. The standard InChI is InChI=1S/C36H68O9Si4/c1-15-49(16-2,17-3)41-25-28-18-20-40-34(28)30(38)22-29(37)24-36(45-48(12,13)14)19-21-39-32(35(36)44-47(9,10)11)23-31-33(42-31)26(4)27(5)43-46(6,7)8/h18,20,26-27,31-33,35H,15-17,19,21-25H2,1-14H3/t26-,27+,31+,32+,33+,35-,36-/m1/s1. The van der Waals surface area contributed by atoms with E-state index in [2.05, 4.69) is 93.5 Å². The van der Waals surface area contributed by atoms with Gasteiger partial charge < -0.3 is 31.6 Å². The van der Waals surface area contributed by atoms with Crippen LogP contribution in [0.3, 0.4) is 0 Å². The maximum Gasteiger partial charge on any atom is 0.205 e. The molecule has 2 aliphatic heterocycles. The Morgan fingerprint density at radius 3 is 2.10 bits per heavy atom. The molecule has 0 aromatic carbocycles. The minimum atomic E-state index is -2.20. The number of Topliss-reactive ketones (excluding diaryl/α,β-unsaturated/α-hetero) is 2. The Morgan fingerprint density at radius 1 is 0.918 bits per heavy atom. The minimum absolute atomic E-state index is 0.0231. The van der Waals surface area contributed by atoms with Gasteiger partial charge in [0.2, 0.25) is 5.78 Å². The third-order valence-corrected chi connectivity index (χ3v) is 17.6. The predicted molar refractivity (Wildman–Crippen MR) is 205 cm³/mol. The van der Waals surface area contributed by atoms with Crippen LogP contribution in [0.5, 0.6) is 0 Å². The average Bonchev–Trinajstić information content (AvgIpc) is 3.56. The van der Waals surface area contributed by atoms with Gasteiger partial charge in [-0.15, -0.1) is 0 Å². The molecule has 9 nitrogen and oxygen atoms in total. The molecule has 1 aromatic heterocycles. The van der Waals surface area contributed by atoms with Gasteiger partial charge in [-0.2, -0.15) is 0 Å². The van der Waals surface area contributed by atoms with Crippen LogP contribution in [0.2, 0.25) is 77.1 Å². The molecule has 2 aliphatic rings. The maximum atomic E-state index is 14.0. The smallest absolute Gasteiger partial charge is 0.205 e. The van der Waals surface area contributed by atoms with Gasteiger partial charge in [0.05, 0.1) is 49.3 Å². The van der Waals surface area contributed by atoms with Crippen molar-refractivity contribution in [1.82, 2.24) is 0 Å². The summed E-state index contributed by atoms with van der Waals surface area (Å²) < 4.78 is 45.2. The van der Waals surface area contributed by atoms with Crippen LogP contribution in [-0.2, 0) is 38.6 Å². The summed E-state index contributed by atoms with van der Waals surface area (Å²) >= 11 is 0. The molecule has 3 rings (SSSR count). The molecular formula is C36H68O9Si4. The number of hydrogen-bond donors (Lipinski definition) is 0. The average molecular weight is 757 g/mol. The Labute approximate surface area is 301 Å². The molecule has 2 saturated heterocycles. The SMILES string of the molecule is CC[Si](CC)(CC)OCc1ccoc1C(=O)CC(=O)C[C@]1(O[Si](C)(C)C)CCO[C@@H](C[C@@H]2O[C@H]2[C@H](C)[C@H](C)O[Si](C)(C)C)[C@H]1O[Si](C)(C)C. The fourth-order valence-corrected chi connectivity index (χ4v) is 13.8. The molecule has 7 atom stereocenters. The fraction of sp³-hybridized carbons (Fsp3) is 0.833. The van der Waals surface area contributed by atoms with Gasteiger partial charge in [-0.25, -0.2) is 0 Å². The van der Waals surface area contributed by atoms with E-state index in [4.69, 9.17) is 31.6 Å². The number of rotatable bonds is 21. The molecule has 0 radical (unpaired) electrons. The number of hydrogen-bond acceptors (Lipinski definition) is 9. The van der Waals surface area contributed by atoms with Crippen molar-refractivity contribution in [2.75, 3.05) is 6.61 Å². The van der Waals surface area contributed by atoms with Gasteiger partial charge in [-0.1, -0.05) is 27.7 Å². The van der Waals surface area contributed by atoms with E-state index in [1.54, 1.807) is 6.07 Å². The normalized spacial score (nSPS) is 26.4. The van der Waals surface area contributed by atoms with E-state index in [1.807, 2.05) is 0 Å². The van der Waals surface area contributed by atoms with Crippen LogP contribution in [0, 0.1) is 5.92 Å². The highest BCUT2D eigenvalue weighted by Crippen LogP contribution is 2.44. The zero-order valence-corrected chi connectivity index (χ0v) is 37.2. The highest BCUT2D eigenvalue weighted by atomic mass is 28.4. The van der Waals surface area contributed by atoms with Crippen molar-refractivity contribution in [3.63, 3.8) is 0 Å². The van der Waals surface area contributed by atoms with Crippen LogP contribution in [-0.4, -0.2) is 87.6 Å². The van der Waals surface area contributed by atoms with Crippen LogP contribution in [0.25, 0.3) is 0 Å². The van der Waals surface area contributed by atoms with E-state index >= 15 is 0 Å². The summed E-state index contributed by atoms with van der Waals surface area (Å²) in [4.78, 5) is 27.6. The number of carbonyl (C=O) groups is 2. The van der Waals surface area contributed by atoms with Crippen molar-refractivity contribution in [2.24, 2.45) is 5.92 Å². The van der Waals surface area contributed by atoms with Gasteiger partial charge in [0.1, 0.15) is 5.78 Å². The van der Waals surface area contributed by atoms with Crippen molar-refractivity contribution in [3.05, 3.63) is 23.7 Å². The topological polar surface area (TPSA) is 106 Å². The molecule has 0 spiro atoms. The second-order valence-corrected chi connectivity index (χ2v) is 35.5. The molecule has 1 aromatic rings. The quantitative estimate of drug-likeness (QED) is 0.0526. The van der Waals surface area contributed by atoms with Crippen molar-refractivity contribution >= 4 is 44.8 Å². The first-order chi connectivity index (χ1) is 22.6. The van der Waals surface area contributed by atoms with Crippen LogP contribution < -0.4 is 0 Å². The third-order valence-electron chi connectivity index (χ3n) is 9.91. The summed E-state index contributed by atoms with van der Waals surface area (Å²) in [6.45, 7) is 31.2. The zero-order chi connectivity index (χ0) is 37.0. The molecule has 0 bridgehead atoms. The van der Waals surface area contributed by atoms with Crippen molar-refractivity contribution in [3.8, 4) is 0 Å². The molecule has 0 aliphatic carbocycles. The van der Waals surface area contributed by atoms with Crippen molar-refractivity contribution < 1.29 is 41.2 Å². The summed E-state index contributed by atoms with van der Waals surface area (Å²) in [5.41, 5.74) is -0.194. The van der Waals surface area contributed by atoms with Gasteiger partial charge in [-0.05, 0) is 90.0 Å². The van der Waals surface area contributed by atoms with Crippen LogP contribution >= 0.6 is 0 Å². The van der Waals surface area contributed by atoms with Gasteiger partial charge in [-0.3, -0.25) is 9.59 Å². The third kappa shape index (κ3) is 12.4. The summed E-state index contributed by atoms with van der Waals surface area (Å²) in [5, 5.41) is 0. The van der Waals surface area contributed by atoms with Crippen LogP contribution in [0.1, 0.15) is 76.4 Å². The molecule has 282 valence electrons. The van der Waals surface area contributed by atoms with Crippen molar-refractivity contribution in [1.29, 1.82) is 0 Å². The van der Waals surface area contributed by atoms with Gasteiger partial charge in [0, 0.05) is 43.5 Å². The molecule has 0 saturated carbocycles. The van der Waals surface area contributed by atoms with Gasteiger partial charge in [0.15, 0.2) is 39.0 Å². The number of carbonyl (C=O) groups excluding carboxylic acids is 2. The van der Waals surface area contributed by atoms with E-state index < -0.39 is 45.0 Å². The van der Waals surface area contributed by atoms with E-state index in [0.717, 1.165) is 18.1 Å². The lowest BCUT2D eigenvalue weighted by Crippen LogP contribution is -2.63. The molecule has 0 unspecified atom stereocenters. The fourth-order valence-electron chi connectivity index (χ4n) is 7.26. The Hall–Kier alpha value is -0.752. The highest BCUT2D eigenvalue weighted by molar-refractivity contribution is 6.73. The van der Waals surface area contributed by atoms with Crippen molar-refractivity contribution in [2.45, 2.75) is 180 Å². The minimum Gasteiger partial charge on any atom is -0.461 e. The van der Waals surface area contributed by atoms with Gasteiger partial charge in [0.25, 0.3) is 0 Å². The number of ether oxygens (including phenoxy) is 2. The molecule has 0 N–H and O–H groups in total. The highest BCUT2D eigenvalue weighted by Gasteiger charge is 2.55. The first-order valence-electron chi connectivity index (χ1n) is 18.6. The molecular weight excluding hydrogens is 689 g/mol. The van der Waals surface area contributed by atoms with E-state index in [1.165, 1.54) is 6.26 Å². The molecule has 2 fully saturated rings. The first kappa shape index (κ1) is 42.7. The van der Waals surface area contributed by atoms with Crippen LogP contribution in [0.15, 0.2) is 16.7 Å². The lowest BCUT2D eigenvalue weighted by Gasteiger charge is -2.51. The lowest BCUT2D eigenvalue weighted by molar-refractivity contribution is -0.180. The number of ketones is 2. The second-order valence-electron chi connectivity index (χ2n) is 17.4. The first-order valence-corrected chi connectivity index (χ1v) is 31.4. The summed E-state index contributed by atoms with van der Waals surface area (Å²) in [6, 6.07) is 4.84. The van der Waals surface area contributed by atoms with E-state index in [0.29, 0.717) is 31.6 Å². The zero-order valence-electron chi connectivity index (χ0n) is 33.2. The summed E-state index contributed by atoms with van der Waals surface area (Å²) in [5.74, 6) is -0.0356.